The molecule has 0 aliphatic heterocycles. The van der Waals surface area contributed by atoms with Crippen molar-refractivity contribution in [2.75, 3.05) is 12.8 Å². The molecule has 2 aromatic rings. The van der Waals surface area contributed by atoms with Crippen LogP contribution in [0.5, 0.6) is 5.88 Å². The number of hydrogen-bond acceptors (Lipinski definition) is 5. The summed E-state index contributed by atoms with van der Waals surface area (Å²) in [6.45, 7) is 0. The van der Waals surface area contributed by atoms with Gasteiger partial charge < -0.3 is 16.2 Å². The van der Waals surface area contributed by atoms with E-state index in [0.29, 0.717) is 11.6 Å². The van der Waals surface area contributed by atoms with E-state index in [9.17, 15) is 4.79 Å². The molecule has 0 atom stereocenters. The largest absolute Gasteiger partial charge is 0.481 e. The molecule has 0 saturated heterocycles. The minimum absolute atomic E-state index is 0.0424. The van der Waals surface area contributed by atoms with Gasteiger partial charge in [0.15, 0.2) is 5.69 Å². The lowest BCUT2D eigenvalue weighted by atomic mass is 10.4. The van der Waals surface area contributed by atoms with Gasteiger partial charge in [0.2, 0.25) is 5.88 Å². The third-order valence-corrected chi connectivity index (χ3v) is 2.17. The predicted octanol–water partition coefficient (Wildman–Crippen LogP) is -0.0430. The number of hydrogen-bond donors (Lipinski definition) is 2. The van der Waals surface area contributed by atoms with Crippen LogP contribution in [0, 0.1) is 0 Å². The monoisotopic (exact) mass is 233 g/mol. The number of carbonyl (C=O) groups excluding carboxylic acids is 1. The molecule has 2 rings (SSSR count). The predicted molar refractivity (Wildman–Crippen MR) is 60.8 cm³/mol. The molecule has 17 heavy (non-hydrogen) atoms. The van der Waals surface area contributed by atoms with Crippen molar-refractivity contribution in [2.45, 2.75) is 0 Å². The summed E-state index contributed by atoms with van der Waals surface area (Å²) < 4.78 is 6.43. The number of nitrogens with zero attached hydrogens (tertiary/aromatic N) is 3. The quantitative estimate of drug-likeness (QED) is 0.772. The molecule has 0 aliphatic rings. The Kier molecular flexibility index (Phi) is 2.65. The minimum Gasteiger partial charge on any atom is -0.481 e. The van der Waals surface area contributed by atoms with Crippen molar-refractivity contribution in [2.24, 2.45) is 5.73 Å². The fraction of sp³-hybridized carbons (Fsp3) is 0.100. The molecule has 0 unspecified atom stereocenters. The molecular weight excluding hydrogens is 222 g/mol. The molecule has 0 saturated carbocycles. The van der Waals surface area contributed by atoms with E-state index in [0.717, 1.165) is 0 Å². The Morgan fingerprint density at radius 3 is 2.88 bits per heavy atom. The van der Waals surface area contributed by atoms with Gasteiger partial charge in [0.05, 0.1) is 24.7 Å². The standard InChI is InChI=1S/C10H11N5O2/c1-17-8-4-6(2-3-13-8)15-5-7(11)9(14-15)10(12)16/h2-5H,11H2,1H3,(H2,12,16). The average Bonchev–Trinajstić information content (AvgIpc) is 2.71. The molecule has 0 aromatic carbocycles. The highest BCUT2D eigenvalue weighted by molar-refractivity contribution is 5.95. The van der Waals surface area contributed by atoms with Gasteiger partial charge in [-0.2, -0.15) is 5.10 Å². The Bertz CT molecular complexity index is 564. The first-order chi connectivity index (χ1) is 8.11. The van der Waals surface area contributed by atoms with Gasteiger partial charge >= 0.3 is 0 Å². The molecule has 0 spiro atoms. The van der Waals surface area contributed by atoms with Gasteiger partial charge in [0, 0.05) is 12.3 Å². The SMILES string of the molecule is COc1cc(-n2cc(N)c(C(N)=O)n2)ccn1. The van der Waals surface area contributed by atoms with Crippen LogP contribution in [0.25, 0.3) is 5.69 Å². The van der Waals surface area contributed by atoms with Crippen molar-refractivity contribution in [3.8, 4) is 11.6 Å². The molecular formula is C10H11N5O2. The van der Waals surface area contributed by atoms with Crippen LogP contribution < -0.4 is 16.2 Å². The van der Waals surface area contributed by atoms with Crippen molar-refractivity contribution in [3.05, 3.63) is 30.2 Å². The van der Waals surface area contributed by atoms with Crippen molar-refractivity contribution in [1.82, 2.24) is 14.8 Å². The Morgan fingerprint density at radius 1 is 1.53 bits per heavy atom. The van der Waals surface area contributed by atoms with Gasteiger partial charge in [-0.3, -0.25) is 4.79 Å². The van der Waals surface area contributed by atoms with Crippen molar-refractivity contribution >= 4 is 11.6 Å². The lowest BCUT2D eigenvalue weighted by Gasteiger charge is -2.02. The molecule has 2 aromatic heterocycles. The zero-order chi connectivity index (χ0) is 12.4. The van der Waals surface area contributed by atoms with Crippen LogP contribution in [0.2, 0.25) is 0 Å². The highest BCUT2D eigenvalue weighted by Crippen LogP contribution is 2.16. The summed E-state index contributed by atoms with van der Waals surface area (Å²) in [6, 6.07) is 3.37. The van der Waals surface area contributed by atoms with Gasteiger partial charge in [-0.05, 0) is 6.07 Å². The molecule has 4 N–H and O–H groups in total. The van der Waals surface area contributed by atoms with Gasteiger partial charge in [0.1, 0.15) is 0 Å². The van der Waals surface area contributed by atoms with Gasteiger partial charge in [-0.15, -0.1) is 0 Å². The third kappa shape index (κ3) is 2.03. The van der Waals surface area contributed by atoms with E-state index in [4.69, 9.17) is 16.2 Å². The zero-order valence-corrected chi connectivity index (χ0v) is 9.12. The summed E-state index contributed by atoms with van der Waals surface area (Å²) in [6.07, 6.45) is 3.07. The maximum absolute atomic E-state index is 11.0. The number of primary amides is 1. The number of rotatable bonds is 3. The molecule has 0 aliphatic carbocycles. The van der Waals surface area contributed by atoms with Crippen LogP contribution in [0.15, 0.2) is 24.5 Å². The molecule has 88 valence electrons. The second-order valence-corrected chi connectivity index (χ2v) is 3.30. The maximum atomic E-state index is 11.0. The van der Waals surface area contributed by atoms with E-state index in [1.807, 2.05) is 0 Å². The van der Waals surface area contributed by atoms with Crippen LogP contribution in [-0.4, -0.2) is 27.8 Å². The fourth-order valence-electron chi connectivity index (χ4n) is 1.36. The molecule has 7 heteroatoms. The van der Waals surface area contributed by atoms with Crippen LogP contribution in [0.3, 0.4) is 0 Å². The highest BCUT2D eigenvalue weighted by Gasteiger charge is 2.12. The number of amides is 1. The molecule has 0 radical (unpaired) electrons. The van der Waals surface area contributed by atoms with Crippen molar-refractivity contribution in [3.63, 3.8) is 0 Å². The summed E-state index contributed by atoms with van der Waals surface area (Å²) in [5, 5.41) is 3.99. The van der Waals surface area contributed by atoms with E-state index in [1.54, 1.807) is 18.3 Å². The Hall–Kier alpha value is -2.57. The first-order valence-electron chi connectivity index (χ1n) is 4.77. The fourth-order valence-corrected chi connectivity index (χ4v) is 1.36. The lowest BCUT2D eigenvalue weighted by Crippen LogP contribution is -2.14. The number of anilines is 1. The first-order valence-corrected chi connectivity index (χ1v) is 4.77. The number of ether oxygens (including phenoxy) is 1. The van der Waals surface area contributed by atoms with Crippen LogP contribution in [-0.2, 0) is 0 Å². The highest BCUT2D eigenvalue weighted by atomic mass is 16.5. The summed E-state index contributed by atoms with van der Waals surface area (Å²) in [4.78, 5) is 15.0. The summed E-state index contributed by atoms with van der Waals surface area (Å²) in [7, 11) is 1.51. The minimum atomic E-state index is -0.665. The number of carbonyl (C=O) groups is 1. The molecule has 2 heterocycles. The Balaban J connectivity index is 2.46. The second-order valence-electron chi connectivity index (χ2n) is 3.30. The topological polar surface area (TPSA) is 109 Å². The van der Waals surface area contributed by atoms with Gasteiger partial charge in [-0.25, -0.2) is 9.67 Å². The van der Waals surface area contributed by atoms with Gasteiger partial charge in [0.25, 0.3) is 5.91 Å². The molecule has 0 fully saturated rings. The van der Waals surface area contributed by atoms with E-state index >= 15 is 0 Å². The van der Waals surface area contributed by atoms with E-state index in [2.05, 4.69) is 10.1 Å². The molecule has 7 nitrogen and oxygen atoms in total. The first kappa shape index (κ1) is 10.9. The second kappa shape index (κ2) is 4.12. The van der Waals surface area contributed by atoms with Gasteiger partial charge in [-0.1, -0.05) is 0 Å². The maximum Gasteiger partial charge on any atom is 0.271 e. The number of nitrogens with two attached hydrogens (primary N) is 2. The summed E-state index contributed by atoms with van der Waals surface area (Å²) in [5.41, 5.74) is 11.7. The Morgan fingerprint density at radius 2 is 2.29 bits per heavy atom. The van der Waals surface area contributed by atoms with Crippen LogP contribution in [0.1, 0.15) is 10.5 Å². The van der Waals surface area contributed by atoms with Crippen LogP contribution >= 0.6 is 0 Å². The van der Waals surface area contributed by atoms with Crippen molar-refractivity contribution < 1.29 is 9.53 Å². The normalized spacial score (nSPS) is 10.2. The van der Waals surface area contributed by atoms with Crippen molar-refractivity contribution in [1.29, 1.82) is 0 Å². The van der Waals surface area contributed by atoms with E-state index in [1.165, 1.54) is 18.0 Å². The third-order valence-electron chi connectivity index (χ3n) is 2.17. The smallest absolute Gasteiger partial charge is 0.271 e. The number of pyridine rings is 1. The van der Waals surface area contributed by atoms with E-state index in [-0.39, 0.29) is 11.4 Å². The Labute approximate surface area is 97.0 Å². The van der Waals surface area contributed by atoms with Crippen LogP contribution in [0.4, 0.5) is 5.69 Å². The summed E-state index contributed by atoms with van der Waals surface area (Å²) in [5.74, 6) is -0.223. The van der Waals surface area contributed by atoms with E-state index < -0.39 is 5.91 Å². The average molecular weight is 233 g/mol. The number of nitrogen functional groups attached to an aromatic ring is 1. The number of aromatic nitrogens is 3. The molecule has 1 amide bonds. The summed E-state index contributed by atoms with van der Waals surface area (Å²) >= 11 is 0. The lowest BCUT2D eigenvalue weighted by molar-refractivity contribution is 0.0996. The zero-order valence-electron chi connectivity index (χ0n) is 9.12. The molecule has 0 bridgehead atoms. The number of methoxy groups -OCH3 is 1.